The molecular formula is C22H24N4O5. The first-order chi connectivity index (χ1) is 14.9. The number of nitrogens with zero attached hydrogens (tertiary/aromatic N) is 2. The fraction of sp³-hybridized carbons (Fsp3) is 0.318. The number of nitrogens with one attached hydrogen (secondary N) is 2. The summed E-state index contributed by atoms with van der Waals surface area (Å²) in [7, 11) is 3.33. The van der Waals surface area contributed by atoms with Crippen LogP contribution in [0.25, 0.3) is 0 Å². The van der Waals surface area contributed by atoms with E-state index in [0.29, 0.717) is 23.9 Å². The van der Waals surface area contributed by atoms with Gasteiger partial charge in [0.25, 0.3) is 5.91 Å². The highest BCUT2D eigenvalue weighted by molar-refractivity contribution is 6.03. The van der Waals surface area contributed by atoms with Crippen LogP contribution in [0.5, 0.6) is 11.5 Å². The number of hydrogen-bond acceptors (Lipinski definition) is 6. The highest BCUT2D eigenvalue weighted by atomic mass is 16.5. The van der Waals surface area contributed by atoms with Crippen molar-refractivity contribution in [1.82, 2.24) is 15.1 Å². The monoisotopic (exact) mass is 424 g/mol. The average Bonchev–Trinajstić information content (AvgIpc) is 3.38. The maximum Gasteiger partial charge on any atom is 0.287 e. The number of aromatic nitrogens is 2. The minimum atomic E-state index is -0.879. The number of benzene rings is 1. The topological polar surface area (TPSA) is 108 Å². The Hall–Kier alpha value is -3.75. The number of amides is 2. The molecule has 4 rings (SSSR count). The van der Waals surface area contributed by atoms with E-state index >= 15 is 0 Å². The molecule has 1 aliphatic rings. The maximum atomic E-state index is 13.1. The van der Waals surface area contributed by atoms with Crippen LogP contribution in [0.4, 0.5) is 5.82 Å². The molecule has 0 aliphatic carbocycles. The first-order valence-corrected chi connectivity index (χ1v) is 9.94. The van der Waals surface area contributed by atoms with E-state index in [9.17, 15) is 9.59 Å². The van der Waals surface area contributed by atoms with E-state index < -0.39 is 17.9 Å². The second-order valence-corrected chi connectivity index (χ2v) is 7.21. The summed E-state index contributed by atoms with van der Waals surface area (Å²) >= 11 is 0. The van der Waals surface area contributed by atoms with Gasteiger partial charge in [0, 0.05) is 18.5 Å². The van der Waals surface area contributed by atoms with Gasteiger partial charge < -0.3 is 24.5 Å². The second-order valence-electron chi connectivity index (χ2n) is 7.21. The summed E-state index contributed by atoms with van der Waals surface area (Å²) < 4.78 is 18.0. The third-order valence-electron chi connectivity index (χ3n) is 5.32. The van der Waals surface area contributed by atoms with Crippen molar-refractivity contribution in [3.8, 4) is 11.5 Å². The van der Waals surface area contributed by atoms with Gasteiger partial charge in [-0.3, -0.25) is 14.3 Å². The van der Waals surface area contributed by atoms with Gasteiger partial charge in [0.2, 0.25) is 5.91 Å². The van der Waals surface area contributed by atoms with Crippen LogP contribution < -0.4 is 20.1 Å². The highest BCUT2D eigenvalue weighted by Gasteiger charge is 2.41. The van der Waals surface area contributed by atoms with E-state index in [4.69, 9.17) is 13.9 Å². The third-order valence-corrected chi connectivity index (χ3v) is 5.32. The summed E-state index contributed by atoms with van der Waals surface area (Å²) in [6.45, 7) is 4.26. The van der Waals surface area contributed by atoms with Crippen LogP contribution >= 0.6 is 0 Å². The van der Waals surface area contributed by atoms with Gasteiger partial charge in [0.15, 0.2) is 17.3 Å². The molecule has 2 amide bonds. The van der Waals surface area contributed by atoms with Gasteiger partial charge in [0.1, 0.15) is 11.9 Å². The van der Waals surface area contributed by atoms with Crippen molar-refractivity contribution >= 4 is 17.6 Å². The lowest BCUT2D eigenvalue weighted by Crippen LogP contribution is -2.50. The van der Waals surface area contributed by atoms with Gasteiger partial charge >= 0.3 is 0 Å². The third kappa shape index (κ3) is 3.63. The molecule has 0 saturated heterocycles. The Morgan fingerprint density at radius 2 is 2.13 bits per heavy atom. The number of ether oxygens (including phenoxy) is 2. The van der Waals surface area contributed by atoms with E-state index in [1.165, 1.54) is 6.26 Å². The van der Waals surface area contributed by atoms with Crippen LogP contribution in [-0.2, 0) is 11.8 Å². The van der Waals surface area contributed by atoms with Crippen molar-refractivity contribution in [3.05, 3.63) is 59.2 Å². The Balaban J connectivity index is 1.81. The molecule has 9 nitrogen and oxygen atoms in total. The molecule has 0 radical (unpaired) electrons. The molecular weight excluding hydrogens is 400 g/mol. The smallest absolute Gasteiger partial charge is 0.287 e. The van der Waals surface area contributed by atoms with Crippen molar-refractivity contribution in [2.24, 2.45) is 7.05 Å². The van der Waals surface area contributed by atoms with Crippen LogP contribution in [0.1, 0.15) is 40.2 Å². The summed E-state index contributed by atoms with van der Waals surface area (Å²) in [5.74, 6) is 0.582. The molecule has 9 heteroatoms. The lowest BCUT2D eigenvalue weighted by Gasteiger charge is -2.32. The summed E-state index contributed by atoms with van der Waals surface area (Å²) in [4.78, 5) is 25.8. The minimum Gasteiger partial charge on any atom is -0.493 e. The predicted molar refractivity (Wildman–Crippen MR) is 113 cm³/mol. The fourth-order valence-electron chi connectivity index (χ4n) is 3.99. The zero-order valence-electron chi connectivity index (χ0n) is 17.8. The largest absolute Gasteiger partial charge is 0.493 e. The van der Waals surface area contributed by atoms with Crippen LogP contribution in [0.2, 0.25) is 0 Å². The molecule has 0 spiro atoms. The SMILES string of the molecule is CCOc1ccc(C2c3c(C)nn(C)c3NC(=O)C2NC(=O)c2ccco2)cc1OC. The van der Waals surface area contributed by atoms with Crippen molar-refractivity contribution in [1.29, 1.82) is 0 Å². The summed E-state index contributed by atoms with van der Waals surface area (Å²) in [5.41, 5.74) is 2.38. The number of carbonyl (C=O) groups excluding carboxylic acids is 2. The summed E-state index contributed by atoms with van der Waals surface area (Å²) in [6, 6.07) is 7.80. The normalized spacial score (nSPS) is 17.6. The Morgan fingerprint density at radius 3 is 2.81 bits per heavy atom. The summed E-state index contributed by atoms with van der Waals surface area (Å²) in [6.07, 6.45) is 1.41. The van der Waals surface area contributed by atoms with Gasteiger partial charge in [-0.05, 0) is 43.7 Å². The van der Waals surface area contributed by atoms with Gasteiger partial charge in [-0.2, -0.15) is 5.10 Å². The Bertz CT molecular complexity index is 1120. The molecule has 0 saturated carbocycles. The lowest BCUT2D eigenvalue weighted by atomic mass is 9.81. The number of rotatable bonds is 6. The zero-order chi connectivity index (χ0) is 22.1. The molecule has 2 N–H and O–H groups in total. The number of furan rings is 1. The quantitative estimate of drug-likeness (QED) is 0.630. The van der Waals surface area contributed by atoms with Crippen LogP contribution in [0.3, 0.4) is 0 Å². The van der Waals surface area contributed by atoms with Gasteiger partial charge in [0.05, 0.1) is 25.7 Å². The number of carbonyl (C=O) groups is 2. The fourth-order valence-corrected chi connectivity index (χ4v) is 3.99. The number of anilines is 1. The van der Waals surface area contributed by atoms with E-state index in [1.54, 1.807) is 37.0 Å². The molecule has 2 unspecified atom stereocenters. The molecule has 0 fully saturated rings. The number of methoxy groups -OCH3 is 1. The molecule has 3 heterocycles. The lowest BCUT2D eigenvalue weighted by molar-refractivity contribution is -0.118. The van der Waals surface area contributed by atoms with Crippen LogP contribution in [-0.4, -0.2) is 41.4 Å². The first-order valence-electron chi connectivity index (χ1n) is 9.94. The average molecular weight is 424 g/mol. The minimum absolute atomic E-state index is 0.129. The molecule has 2 atom stereocenters. The van der Waals surface area contributed by atoms with Crippen molar-refractivity contribution in [3.63, 3.8) is 0 Å². The zero-order valence-corrected chi connectivity index (χ0v) is 17.8. The van der Waals surface area contributed by atoms with E-state index in [0.717, 1.165) is 16.8 Å². The van der Waals surface area contributed by atoms with Gasteiger partial charge in [-0.1, -0.05) is 6.07 Å². The highest BCUT2D eigenvalue weighted by Crippen LogP contribution is 2.41. The Labute approximate surface area is 179 Å². The molecule has 162 valence electrons. The number of hydrogen-bond donors (Lipinski definition) is 2. The maximum absolute atomic E-state index is 13.1. The first kappa shape index (κ1) is 20.5. The van der Waals surface area contributed by atoms with Crippen molar-refractivity contribution in [2.75, 3.05) is 19.0 Å². The number of fused-ring (bicyclic) bond motifs is 1. The summed E-state index contributed by atoms with van der Waals surface area (Å²) in [5, 5.41) is 10.2. The Kier molecular flexibility index (Phi) is 5.41. The standard InChI is InChI=1S/C22H24N4O5/c1-5-30-14-9-8-13(11-16(14)29-4)18-17-12(2)25-26(3)20(17)24-22(28)19(18)23-21(27)15-7-6-10-31-15/h6-11,18-19H,5H2,1-4H3,(H,23,27)(H,24,28). The molecule has 2 aromatic heterocycles. The predicted octanol–water partition coefficient (Wildman–Crippen LogP) is 2.61. The molecule has 1 aromatic carbocycles. The molecule has 31 heavy (non-hydrogen) atoms. The molecule has 0 bridgehead atoms. The Morgan fingerprint density at radius 1 is 1.32 bits per heavy atom. The number of aryl methyl sites for hydroxylation is 2. The van der Waals surface area contributed by atoms with E-state index in [1.807, 2.05) is 26.0 Å². The van der Waals surface area contributed by atoms with E-state index in [-0.39, 0.29) is 11.7 Å². The van der Waals surface area contributed by atoms with Gasteiger partial charge in [-0.25, -0.2) is 0 Å². The van der Waals surface area contributed by atoms with E-state index in [2.05, 4.69) is 15.7 Å². The van der Waals surface area contributed by atoms with Crippen LogP contribution in [0, 0.1) is 6.92 Å². The van der Waals surface area contributed by atoms with Crippen LogP contribution in [0.15, 0.2) is 41.0 Å². The second kappa shape index (κ2) is 8.17. The molecule has 3 aromatic rings. The van der Waals surface area contributed by atoms with Crippen molar-refractivity contribution < 1.29 is 23.5 Å². The van der Waals surface area contributed by atoms with Crippen molar-refractivity contribution in [2.45, 2.75) is 25.8 Å². The molecule has 1 aliphatic heterocycles. The van der Waals surface area contributed by atoms with Gasteiger partial charge in [-0.15, -0.1) is 0 Å².